The zero-order chi connectivity index (χ0) is 20.8. The van der Waals surface area contributed by atoms with Crippen molar-refractivity contribution in [3.63, 3.8) is 0 Å². The summed E-state index contributed by atoms with van der Waals surface area (Å²) < 4.78 is 5.24. The summed E-state index contributed by atoms with van der Waals surface area (Å²) in [5.74, 6) is 1.48. The third kappa shape index (κ3) is 5.48. The number of rotatable bonds is 7. The number of anilines is 1. The smallest absolute Gasteiger partial charge is 0.253 e. The molecule has 1 aromatic carbocycles. The molecule has 0 radical (unpaired) electrons. The second kappa shape index (κ2) is 9.74. The van der Waals surface area contributed by atoms with Gasteiger partial charge in [-0.25, -0.2) is 0 Å². The first-order valence-electron chi connectivity index (χ1n) is 10.4. The minimum Gasteiger partial charge on any atom is -0.467 e. The van der Waals surface area contributed by atoms with Gasteiger partial charge < -0.3 is 20.4 Å². The van der Waals surface area contributed by atoms with Gasteiger partial charge in [0, 0.05) is 6.04 Å². The number of hydrogen-bond donors (Lipinski definition) is 3. The van der Waals surface area contributed by atoms with Crippen molar-refractivity contribution in [1.29, 1.82) is 0 Å². The lowest BCUT2D eigenvalue weighted by atomic mass is 9.78. The van der Waals surface area contributed by atoms with Gasteiger partial charge in [-0.05, 0) is 49.4 Å². The maximum Gasteiger partial charge on any atom is 0.253 e. The Labute approximate surface area is 172 Å². The third-order valence-electron chi connectivity index (χ3n) is 6.00. The summed E-state index contributed by atoms with van der Waals surface area (Å²) in [6, 6.07) is 10.6. The molecule has 3 N–H and O–H groups in total. The fourth-order valence-corrected chi connectivity index (χ4v) is 3.92. The molecule has 1 aromatic heterocycles. The highest BCUT2D eigenvalue weighted by atomic mass is 16.3. The lowest BCUT2D eigenvalue weighted by Crippen LogP contribution is -2.49. The second-order valence-electron chi connectivity index (χ2n) is 8.06. The van der Waals surface area contributed by atoms with Gasteiger partial charge in [-0.1, -0.05) is 38.8 Å². The van der Waals surface area contributed by atoms with E-state index in [-0.39, 0.29) is 17.9 Å². The molecule has 1 aliphatic rings. The maximum absolute atomic E-state index is 12.8. The zero-order valence-electron chi connectivity index (χ0n) is 17.4. The van der Waals surface area contributed by atoms with Crippen LogP contribution in [0.4, 0.5) is 5.69 Å². The van der Waals surface area contributed by atoms with Crippen LogP contribution in [-0.4, -0.2) is 23.9 Å². The van der Waals surface area contributed by atoms with Crippen LogP contribution < -0.4 is 16.0 Å². The predicted molar refractivity (Wildman–Crippen MR) is 114 cm³/mol. The molecule has 1 aliphatic carbocycles. The number of amides is 2. The van der Waals surface area contributed by atoms with Gasteiger partial charge in [-0.2, -0.15) is 0 Å². The molecule has 2 amide bonds. The first kappa shape index (κ1) is 21.1. The highest BCUT2D eigenvalue weighted by molar-refractivity contribution is 6.04. The van der Waals surface area contributed by atoms with Gasteiger partial charge in [0.2, 0.25) is 5.91 Å². The zero-order valence-corrected chi connectivity index (χ0v) is 17.4. The topological polar surface area (TPSA) is 83.4 Å². The SMILES string of the molecule is CC(NC1CCCC(C)C1C)C(=O)Nc1ccccc1C(=O)NCc1ccco1. The van der Waals surface area contributed by atoms with E-state index >= 15 is 0 Å². The summed E-state index contributed by atoms with van der Waals surface area (Å²) >= 11 is 0. The standard InChI is InChI=1S/C23H31N3O3/c1-15-8-6-12-20(16(15)2)25-17(3)22(27)26-21-11-5-4-10-19(21)23(28)24-14-18-9-7-13-29-18/h4-5,7,9-11,13,15-17,20,25H,6,8,12,14H2,1-3H3,(H,24,28)(H,26,27). The van der Waals surface area contributed by atoms with Crippen molar-refractivity contribution in [2.75, 3.05) is 5.32 Å². The number of furan rings is 1. The average Bonchev–Trinajstić information content (AvgIpc) is 3.23. The van der Waals surface area contributed by atoms with E-state index in [9.17, 15) is 9.59 Å². The quantitative estimate of drug-likeness (QED) is 0.661. The van der Waals surface area contributed by atoms with Crippen LogP contribution in [0, 0.1) is 11.8 Å². The second-order valence-corrected chi connectivity index (χ2v) is 8.06. The van der Waals surface area contributed by atoms with Crippen molar-refractivity contribution in [1.82, 2.24) is 10.6 Å². The van der Waals surface area contributed by atoms with Crippen LogP contribution in [0.25, 0.3) is 0 Å². The van der Waals surface area contributed by atoms with E-state index in [0.717, 1.165) is 6.42 Å². The summed E-state index contributed by atoms with van der Waals surface area (Å²) in [5, 5.41) is 9.22. The normalized spacial score (nSPS) is 22.7. The molecule has 3 rings (SSSR count). The summed E-state index contributed by atoms with van der Waals surface area (Å²) in [6.07, 6.45) is 5.10. The average molecular weight is 398 g/mol. The van der Waals surface area contributed by atoms with Crippen molar-refractivity contribution in [3.05, 3.63) is 54.0 Å². The number of carbonyl (C=O) groups excluding carboxylic acids is 2. The molecule has 0 aliphatic heterocycles. The van der Waals surface area contributed by atoms with Gasteiger partial charge >= 0.3 is 0 Å². The molecule has 0 spiro atoms. The molecular weight excluding hydrogens is 366 g/mol. The predicted octanol–water partition coefficient (Wildman–Crippen LogP) is 3.95. The Morgan fingerprint density at radius 3 is 2.69 bits per heavy atom. The lowest BCUT2D eigenvalue weighted by molar-refractivity contribution is -0.118. The van der Waals surface area contributed by atoms with Crippen LogP contribution in [0.1, 0.15) is 56.2 Å². The van der Waals surface area contributed by atoms with Crippen molar-refractivity contribution >= 4 is 17.5 Å². The number of carbonyl (C=O) groups is 2. The van der Waals surface area contributed by atoms with Crippen molar-refractivity contribution < 1.29 is 14.0 Å². The molecule has 6 heteroatoms. The highest BCUT2D eigenvalue weighted by Gasteiger charge is 2.29. The van der Waals surface area contributed by atoms with E-state index in [4.69, 9.17) is 4.42 Å². The van der Waals surface area contributed by atoms with Crippen LogP contribution in [0.2, 0.25) is 0 Å². The van der Waals surface area contributed by atoms with Gasteiger partial charge in [0.1, 0.15) is 5.76 Å². The van der Waals surface area contributed by atoms with Crippen LogP contribution in [-0.2, 0) is 11.3 Å². The molecular formula is C23H31N3O3. The van der Waals surface area contributed by atoms with Gasteiger partial charge in [-0.15, -0.1) is 0 Å². The highest BCUT2D eigenvalue weighted by Crippen LogP contribution is 2.29. The van der Waals surface area contributed by atoms with Gasteiger partial charge in [0.05, 0.1) is 30.1 Å². The minimum absolute atomic E-state index is 0.137. The largest absolute Gasteiger partial charge is 0.467 e. The number of nitrogens with one attached hydrogen (secondary N) is 3. The van der Waals surface area contributed by atoms with Crippen molar-refractivity contribution in [2.45, 2.75) is 58.7 Å². The van der Waals surface area contributed by atoms with Crippen LogP contribution in [0.3, 0.4) is 0 Å². The van der Waals surface area contributed by atoms with E-state index in [1.807, 2.05) is 13.0 Å². The Hall–Kier alpha value is -2.60. The molecule has 156 valence electrons. The Bertz CT molecular complexity index is 819. The number of para-hydroxylation sites is 1. The maximum atomic E-state index is 12.8. The molecule has 4 atom stereocenters. The summed E-state index contributed by atoms with van der Waals surface area (Å²) in [7, 11) is 0. The number of benzene rings is 1. The summed E-state index contributed by atoms with van der Waals surface area (Å²) in [6.45, 7) is 6.70. The van der Waals surface area contributed by atoms with Crippen LogP contribution >= 0.6 is 0 Å². The van der Waals surface area contributed by atoms with Gasteiger partial charge in [0.15, 0.2) is 0 Å². The molecule has 1 heterocycles. The third-order valence-corrected chi connectivity index (χ3v) is 6.00. The van der Waals surface area contributed by atoms with Crippen LogP contribution in [0.15, 0.2) is 47.1 Å². The summed E-state index contributed by atoms with van der Waals surface area (Å²) in [4.78, 5) is 25.4. The Balaban J connectivity index is 1.60. The molecule has 29 heavy (non-hydrogen) atoms. The molecule has 1 saturated carbocycles. The molecule has 0 bridgehead atoms. The van der Waals surface area contributed by atoms with E-state index < -0.39 is 0 Å². The summed E-state index contributed by atoms with van der Waals surface area (Å²) in [5.41, 5.74) is 0.937. The van der Waals surface area contributed by atoms with Crippen molar-refractivity contribution in [2.24, 2.45) is 11.8 Å². The Morgan fingerprint density at radius 1 is 1.14 bits per heavy atom. The molecule has 4 unspecified atom stereocenters. The van der Waals surface area contributed by atoms with Crippen molar-refractivity contribution in [3.8, 4) is 0 Å². The van der Waals surface area contributed by atoms with Gasteiger partial charge in [-0.3, -0.25) is 9.59 Å². The Morgan fingerprint density at radius 2 is 1.93 bits per heavy atom. The first-order chi connectivity index (χ1) is 14.0. The monoisotopic (exact) mass is 397 g/mol. The van der Waals surface area contributed by atoms with E-state index in [1.54, 1.807) is 36.6 Å². The first-order valence-corrected chi connectivity index (χ1v) is 10.4. The van der Waals surface area contributed by atoms with Gasteiger partial charge in [0.25, 0.3) is 5.91 Å². The molecule has 1 fully saturated rings. The lowest BCUT2D eigenvalue weighted by Gasteiger charge is -2.36. The molecule has 2 aromatic rings. The van der Waals surface area contributed by atoms with E-state index in [1.165, 1.54) is 12.8 Å². The van der Waals surface area contributed by atoms with Crippen LogP contribution in [0.5, 0.6) is 0 Å². The van der Waals surface area contributed by atoms with E-state index in [2.05, 4.69) is 29.8 Å². The Kier molecular flexibility index (Phi) is 7.09. The minimum atomic E-state index is -0.341. The van der Waals surface area contributed by atoms with E-state index in [0.29, 0.717) is 41.4 Å². The molecule has 6 nitrogen and oxygen atoms in total. The fraction of sp³-hybridized carbons (Fsp3) is 0.478. The fourth-order valence-electron chi connectivity index (χ4n) is 3.92. The number of hydrogen-bond acceptors (Lipinski definition) is 4. The molecule has 0 saturated heterocycles.